The summed E-state index contributed by atoms with van der Waals surface area (Å²) in [7, 11) is 1.40. The fraction of sp³-hybridized carbons (Fsp3) is 0.404. The number of alkyl halides is 9. The number of halogens is 13. The zero-order valence-corrected chi connectivity index (χ0v) is 47.2. The molecule has 0 aliphatic heterocycles. The number of carbonyl (C=O) groups excluding carboxylic acids is 2. The normalized spacial score (nSPS) is 11.9. The molecule has 7 aromatic heterocycles. The predicted molar refractivity (Wildman–Crippen MR) is 295 cm³/mol. The molecule has 0 unspecified atom stereocenters. The van der Waals surface area contributed by atoms with Crippen molar-refractivity contribution in [1.82, 2.24) is 54.5 Å². The first-order chi connectivity index (χ1) is 40.8. The number of carbonyl (C=O) groups is 3. The van der Waals surface area contributed by atoms with Crippen molar-refractivity contribution < 1.29 is 101 Å². The van der Waals surface area contributed by atoms with Crippen LogP contribution in [0.2, 0.25) is 0 Å². The molecule has 0 amide bonds. The number of ketones is 1. The number of fused-ring (bicyclic) bond motifs is 1. The Bertz CT molecular complexity index is 3300. The van der Waals surface area contributed by atoms with Crippen LogP contribution in [-0.4, -0.2) is 153 Å². The molecule has 0 aromatic carbocycles. The molecule has 0 fully saturated rings. The summed E-state index contributed by atoms with van der Waals surface area (Å²) >= 11 is 4.89. The van der Waals surface area contributed by atoms with Crippen LogP contribution in [-0.2, 0) is 35.2 Å². The Morgan fingerprint density at radius 2 is 1.01 bits per heavy atom. The maximum Gasteiger partial charge on any atom is 0.425 e. The smallest absolute Gasteiger partial charge is 0.425 e. The quantitative estimate of drug-likeness (QED) is 0.0225. The highest BCUT2D eigenvalue weighted by Crippen LogP contribution is 2.31. The predicted octanol–water partition coefficient (Wildman–Crippen LogP) is 10.3. The molecule has 3 atom stereocenters. The molecule has 5 N–H and O–H groups in total. The van der Waals surface area contributed by atoms with E-state index in [0.29, 0.717) is 42.0 Å². The Morgan fingerprint density at radius 3 is 1.35 bits per heavy atom. The Hall–Kier alpha value is -8.74. The molecule has 0 saturated carbocycles. The molecular weight excluding hydrogens is 1240 g/mol. The molecule has 0 radical (unpaired) electrons. The van der Waals surface area contributed by atoms with Crippen LogP contribution in [0, 0.1) is 17.5 Å². The van der Waals surface area contributed by atoms with Crippen molar-refractivity contribution in [2.75, 3.05) is 50.8 Å². The summed E-state index contributed by atoms with van der Waals surface area (Å²) in [5.74, 6) is -0.0728. The summed E-state index contributed by atoms with van der Waals surface area (Å²) < 4.78 is 184. The van der Waals surface area contributed by atoms with Gasteiger partial charge in [0.25, 0.3) is 23.6 Å². The summed E-state index contributed by atoms with van der Waals surface area (Å²) in [6.07, 6.45) is -8.71. The third-order valence-electron chi connectivity index (χ3n) is 10.00. The van der Waals surface area contributed by atoms with Crippen molar-refractivity contribution in [2.45, 2.75) is 99.8 Å². The van der Waals surface area contributed by atoms with Crippen LogP contribution < -0.4 is 30.8 Å². The fourth-order valence-electron chi connectivity index (χ4n) is 5.65. The SMILES string of the molecule is C.C.CC(=O)O.CCOCC(=O)Cl.CCOCc1nnc2cnc(-c3cnc(O[C@@H](C)C(F)(F)F)c(F)c3)cn12.COCC(=O)CNc1cnc(-c2cnc(O[C@@H](C)C(F)(F)F)c(F)c2)cn1.C[C@H](Oc1ncc(-c2cnc(NN)cn2)cc1F)C(F)(F)F. The number of nitrogens with one attached hydrogen (secondary N) is 2. The second-order valence-electron chi connectivity index (χ2n) is 16.7. The molecule has 7 rings (SSSR count). The first kappa shape index (κ1) is 78.3. The lowest BCUT2D eigenvalue weighted by Crippen LogP contribution is -2.31. The highest BCUT2D eigenvalue weighted by atomic mass is 35.5. The van der Waals surface area contributed by atoms with E-state index in [1.165, 1.54) is 44.3 Å². The average Bonchev–Trinajstić information content (AvgIpc) is 3.62. The number of nitrogen functional groups attached to an aromatic ring is 1. The number of carboxylic acid groups (broad SMARTS) is 1. The van der Waals surface area contributed by atoms with E-state index >= 15 is 0 Å². The third kappa shape index (κ3) is 27.0. The zero-order valence-electron chi connectivity index (χ0n) is 46.4. The number of nitrogens with zero attached hydrogens (tertiary/aromatic N) is 11. The minimum Gasteiger partial charge on any atom is -0.481 e. The Morgan fingerprint density at radius 1 is 0.607 bits per heavy atom. The third-order valence-corrected chi connectivity index (χ3v) is 10.1. The second kappa shape index (κ2) is 37.2. The molecule has 24 nitrogen and oxygen atoms in total. The van der Waals surface area contributed by atoms with Crippen LogP contribution in [0.5, 0.6) is 17.6 Å². The van der Waals surface area contributed by atoms with Gasteiger partial charge >= 0.3 is 18.5 Å². The average molecular weight is 1310 g/mol. The summed E-state index contributed by atoms with van der Waals surface area (Å²) in [6, 6.07) is 2.92. The number of hydrogen-bond acceptors (Lipinski definition) is 22. The van der Waals surface area contributed by atoms with Crippen molar-refractivity contribution in [2.24, 2.45) is 5.84 Å². The van der Waals surface area contributed by atoms with E-state index in [9.17, 15) is 62.3 Å². The number of pyridine rings is 3. The van der Waals surface area contributed by atoms with Crippen LogP contribution in [0.4, 0.5) is 64.3 Å². The summed E-state index contributed by atoms with van der Waals surface area (Å²) in [6.45, 7) is 8.28. The van der Waals surface area contributed by atoms with Crippen LogP contribution in [0.15, 0.2) is 74.0 Å². The van der Waals surface area contributed by atoms with E-state index < -0.39 is 83.1 Å². The monoisotopic (exact) mass is 1300 g/mol. The lowest BCUT2D eigenvalue weighted by atomic mass is 10.2. The van der Waals surface area contributed by atoms with Gasteiger partial charge in [0.05, 0.1) is 54.6 Å². The fourth-order valence-corrected chi connectivity index (χ4v) is 5.73. The maximum absolute atomic E-state index is 14.1. The molecule has 490 valence electrons. The maximum atomic E-state index is 14.1. The van der Waals surface area contributed by atoms with Gasteiger partial charge in [0.2, 0.25) is 5.24 Å². The Kier molecular flexibility index (Phi) is 32.7. The first-order valence-electron chi connectivity index (χ1n) is 24.6. The minimum absolute atomic E-state index is 0. The van der Waals surface area contributed by atoms with Crippen molar-refractivity contribution in [3.05, 3.63) is 97.2 Å². The van der Waals surface area contributed by atoms with Crippen LogP contribution >= 0.6 is 11.6 Å². The van der Waals surface area contributed by atoms with Gasteiger partial charge in [0, 0.05) is 68.7 Å². The van der Waals surface area contributed by atoms with E-state index in [4.69, 9.17) is 36.8 Å². The summed E-state index contributed by atoms with van der Waals surface area (Å²) in [4.78, 5) is 61.0. The van der Waals surface area contributed by atoms with Gasteiger partial charge in [0.1, 0.15) is 25.6 Å². The molecule has 0 saturated heterocycles. The summed E-state index contributed by atoms with van der Waals surface area (Å²) in [5, 5.41) is 17.7. The molecule has 0 spiro atoms. The van der Waals surface area contributed by atoms with Gasteiger partial charge in [-0.25, -0.2) is 43.9 Å². The highest BCUT2D eigenvalue weighted by Gasteiger charge is 2.40. The number of hydrazine groups is 1. The van der Waals surface area contributed by atoms with Crippen LogP contribution in [0.3, 0.4) is 0 Å². The minimum atomic E-state index is -4.63. The van der Waals surface area contributed by atoms with Crippen molar-refractivity contribution in [1.29, 1.82) is 0 Å². The van der Waals surface area contributed by atoms with E-state index in [1.54, 1.807) is 17.5 Å². The molecule has 89 heavy (non-hydrogen) atoms. The number of rotatable bonds is 21. The van der Waals surface area contributed by atoms with Gasteiger partial charge in [0.15, 0.2) is 58.8 Å². The number of nitrogens with two attached hydrogens (primary N) is 1. The van der Waals surface area contributed by atoms with E-state index in [1.807, 2.05) is 6.92 Å². The van der Waals surface area contributed by atoms with Crippen molar-refractivity contribution in [3.8, 4) is 51.4 Å². The standard InChI is InChI=1S/C16H15F4N5O2.C16H16F4N4O3.C12H11F4N5O.C4H7ClO2.C2H4O2.2CH4/c1-3-26-8-14-24-23-13-6-21-12(7-25(13)14)10-4-11(17)15(22-5-10)27-9(2)16(18,19)20;1-9(16(18,19)20)27-15-12(17)3-10(4-24-15)13-6-23-14(7-21-13)22-5-11(25)8-26-2;1-6(12(14,15)16)22-11-8(13)2-7(3-20-11)9-4-19-10(21-17)5-18-9;1-2-7-3-4(5)6;1-2(3)4;;/h4-7,9H,3,8H2,1-2H3;3-4,6-7,9H,5,8H2,1-2H3,(H,22,23);2-6H,17H2,1H3,(H,19,21);2-3H2,1H3;1H3,(H,3,4);2*1H4/t2*9-;6-;;;;/m000..../s1. The van der Waals surface area contributed by atoms with E-state index in [-0.39, 0.29) is 75.1 Å². The lowest BCUT2D eigenvalue weighted by molar-refractivity contribution is -0.190. The number of aliphatic carboxylic acids is 1. The number of Topliss-reactive ketones (excluding diaryl/α,β-unsaturated/α-hetero) is 1. The van der Waals surface area contributed by atoms with Gasteiger partial charge in [-0.2, -0.15) is 39.5 Å². The number of anilines is 2. The van der Waals surface area contributed by atoms with Gasteiger partial charge in [-0.3, -0.25) is 33.7 Å². The molecule has 7 aromatic rings. The largest absolute Gasteiger partial charge is 0.481 e. The zero-order chi connectivity index (χ0) is 65.2. The van der Waals surface area contributed by atoms with Crippen LogP contribution in [0.1, 0.15) is 62.2 Å². The molecule has 0 aliphatic carbocycles. The molecule has 0 aliphatic rings. The van der Waals surface area contributed by atoms with Gasteiger partial charge in [-0.05, 0) is 64.4 Å². The Labute approximate surface area is 504 Å². The topological polar surface area (TPSA) is 310 Å². The van der Waals surface area contributed by atoms with Gasteiger partial charge in [-0.1, -0.05) is 14.9 Å². The number of methoxy groups -OCH3 is 1. The molecule has 0 bridgehead atoms. The van der Waals surface area contributed by atoms with Gasteiger partial charge in [-0.15, -0.1) is 10.2 Å². The lowest BCUT2D eigenvalue weighted by Gasteiger charge is -2.17. The van der Waals surface area contributed by atoms with Gasteiger partial charge < -0.3 is 44.3 Å². The second-order valence-corrected chi connectivity index (χ2v) is 17.2. The number of carboxylic acids is 1. The first-order valence-corrected chi connectivity index (χ1v) is 24.9. The number of aromatic nitrogens is 11. The number of ether oxygens (including phenoxy) is 6. The molecule has 7 heterocycles. The molecular formula is C52H61ClF12N14O10. The number of hydrogen-bond donors (Lipinski definition) is 4. The summed E-state index contributed by atoms with van der Waals surface area (Å²) in [5.41, 5.74) is 4.30. The van der Waals surface area contributed by atoms with Crippen LogP contribution in [0.25, 0.3) is 39.4 Å². The van der Waals surface area contributed by atoms with Crippen molar-refractivity contribution in [3.63, 3.8) is 0 Å². The highest BCUT2D eigenvalue weighted by molar-refractivity contribution is 6.63. The van der Waals surface area contributed by atoms with E-state index in [2.05, 4.69) is 79.8 Å². The van der Waals surface area contributed by atoms with Crippen molar-refractivity contribution >= 4 is 45.9 Å². The Balaban J connectivity index is 0.000000610. The van der Waals surface area contributed by atoms with E-state index in [0.717, 1.165) is 58.3 Å². The molecule has 37 heteroatoms.